The molecule has 2 atom stereocenters. The lowest BCUT2D eigenvalue weighted by atomic mass is 10.1. The minimum Gasteiger partial charge on any atom is -0.357 e. The molecular formula is C14H22O. The van der Waals surface area contributed by atoms with Gasteiger partial charge in [-0.2, -0.15) is 0 Å². The van der Waals surface area contributed by atoms with Crippen LogP contribution in [0.1, 0.15) is 53.4 Å². The maximum absolute atomic E-state index is 4.95. The Morgan fingerprint density at radius 3 is 1.60 bits per heavy atom. The predicted molar refractivity (Wildman–Crippen MR) is 64.8 cm³/mol. The number of hydrogen-bond acceptors (Lipinski definition) is 1. The molecule has 0 fully saturated rings. The lowest BCUT2D eigenvalue weighted by molar-refractivity contribution is 0.471. The molecule has 0 radical (unpaired) electrons. The maximum atomic E-state index is 4.95. The molecule has 0 saturated carbocycles. The highest BCUT2D eigenvalue weighted by atomic mass is 16.5. The van der Waals surface area contributed by atoms with Crippen molar-refractivity contribution in [2.24, 2.45) is 11.8 Å². The van der Waals surface area contributed by atoms with E-state index in [9.17, 15) is 0 Å². The Morgan fingerprint density at radius 2 is 1.27 bits per heavy atom. The normalized spacial score (nSPS) is 12.8. The molecule has 2 unspecified atom stereocenters. The highest BCUT2D eigenvalue weighted by Crippen LogP contribution is 2.02. The molecule has 0 heterocycles. The molecule has 0 rings (SSSR count). The van der Waals surface area contributed by atoms with Gasteiger partial charge in [0.1, 0.15) is 12.2 Å². The van der Waals surface area contributed by atoms with Crippen LogP contribution in [0.2, 0.25) is 0 Å². The van der Waals surface area contributed by atoms with E-state index in [1.54, 1.807) is 0 Å². The van der Waals surface area contributed by atoms with E-state index < -0.39 is 0 Å². The summed E-state index contributed by atoms with van der Waals surface area (Å²) in [4.78, 5) is 0. The first-order valence-corrected chi connectivity index (χ1v) is 5.87. The summed E-state index contributed by atoms with van der Waals surface area (Å²) in [6.07, 6.45) is 9.85. The van der Waals surface area contributed by atoms with Crippen molar-refractivity contribution in [1.29, 1.82) is 0 Å². The van der Waals surface area contributed by atoms with Crippen LogP contribution in [-0.4, -0.2) is 0 Å². The Morgan fingerprint density at radius 1 is 0.867 bits per heavy atom. The van der Waals surface area contributed by atoms with Gasteiger partial charge in [-0.25, -0.2) is 0 Å². The van der Waals surface area contributed by atoms with Gasteiger partial charge in [0.25, 0.3) is 0 Å². The van der Waals surface area contributed by atoms with Crippen molar-refractivity contribution in [3.63, 3.8) is 0 Å². The lowest BCUT2D eigenvalue weighted by Crippen LogP contribution is -1.89. The van der Waals surface area contributed by atoms with Crippen molar-refractivity contribution in [2.75, 3.05) is 0 Å². The Hall–Kier alpha value is -1.08. The first-order chi connectivity index (χ1) is 7.20. The molecule has 0 aromatic rings. The van der Waals surface area contributed by atoms with Gasteiger partial charge in [0.2, 0.25) is 0 Å². The second-order valence-electron chi connectivity index (χ2n) is 3.97. The van der Waals surface area contributed by atoms with Crippen LogP contribution in [-0.2, 0) is 4.74 Å². The van der Waals surface area contributed by atoms with Crippen LogP contribution in [0.4, 0.5) is 0 Å². The SMILES string of the molecule is CCCC(C)C#COC#CC(C)CCC. The summed E-state index contributed by atoms with van der Waals surface area (Å²) in [6, 6.07) is 0. The van der Waals surface area contributed by atoms with E-state index in [0.717, 1.165) is 25.7 Å². The van der Waals surface area contributed by atoms with Crippen molar-refractivity contribution < 1.29 is 4.74 Å². The molecule has 0 spiro atoms. The van der Waals surface area contributed by atoms with E-state index in [-0.39, 0.29) is 0 Å². The third kappa shape index (κ3) is 9.23. The molecular weight excluding hydrogens is 184 g/mol. The van der Waals surface area contributed by atoms with Crippen molar-refractivity contribution in [3.8, 4) is 24.1 Å². The third-order valence-electron chi connectivity index (χ3n) is 2.16. The van der Waals surface area contributed by atoms with Crippen LogP contribution in [0.15, 0.2) is 0 Å². The molecule has 0 saturated heterocycles. The van der Waals surface area contributed by atoms with E-state index in [2.05, 4.69) is 51.7 Å². The van der Waals surface area contributed by atoms with Crippen LogP contribution < -0.4 is 0 Å². The average molecular weight is 206 g/mol. The fraction of sp³-hybridized carbons (Fsp3) is 0.714. The van der Waals surface area contributed by atoms with Crippen LogP contribution in [0.5, 0.6) is 0 Å². The first kappa shape index (κ1) is 13.9. The van der Waals surface area contributed by atoms with E-state index in [1.165, 1.54) is 0 Å². The summed E-state index contributed by atoms with van der Waals surface area (Å²) in [7, 11) is 0. The number of ether oxygens (including phenoxy) is 1. The highest BCUT2D eigenvalue weighted by Gasteiger charge is 1.93. The van der Waals surface area contributed by atoms with Gasteiger partial charge in [-0.3, -0.25) is 0 Å². The van der Waals surface area contributed by atoms with Gasteiger partial charge in [-0.1, -0.05) is 52.4 Å². The minimum absolute atomic E-state index is 0.407. The molecule has 0 aromatic carbocycles. The molecule has 0 aliphatic heterocycles. The lowest BCUT2D eigenvalue weighted by Gasteiger charge is -1.97. The third-order valence-corrected chi connectivity index (χ3v) is 2.16. The molecule has 0 aromatic heterocycles. The van der Waals surface area contributed by atoms with Crippen LogP contribution in [0.3, 0.4) is 0 Å². The second-order valence-corrected chi connectivity index (χ2v) is 3.97. The van der Waals surface area contributed by atoms with Gasteiger partial charge in [0.05, 0.1) is 0 Å². The average Bonchev–Trinajstić information content (AvgIpc) is 2.18. The number of hydrogen-bond donors (Lipinski definition) is 0. The molecule has 0 N–H and O–H groups in total. The fourth-order valence-electron chi connectivity index (χ4n) is 1.30. The molecule has 0 amide bonds. The Balaban J connectivity index is 3.75. The van der Waals surface area contributed by atoms with Crippen molar-refractivity contribution in [2.45, 2.75) is 53.4 Å². The van der Waals surface area contributed by atoms with E-state index in [4.69, 9.17) is 4.74 Å². The zero-order valence-corrected chi connectivity index (χ0v) is 10.4. The molecule has 0 aliphatic rings. The van der Waals surface area contributed by atoms with E-state index in [1.807, 2.05) is 0 Å². The van der Waals surface area contributed by atoms with Gasteiger partial charge < -0.3 is 4.74 Å². The quantitative estimate of drug-likeness (QED) is 0.636. The molecule has 1 heteroatoms. The molecule has 84 valence electrons. The standard InChI is InChI=1S/C14H22O/c1-5-7-13(3)9-11-15-12-10-14(4)8-6-2/h13-14H,5-8H2,1-4H3. The summed E-state index contributed by atoms with van der Waals surface area (Å²) < 4.78 is 4.95. The van der Waals surface area contributed by atoms with Gasteiger partial charge in [0.15, 0.2) is 0 Å². The van der Waals surface area contributed by atoms with Crippen LogP contribution in [0, 0.1) is 35.9 Å². The van der Waals surface area contributed by atoms with Gasteiger partial charge in [-0.05, 0) is 12.8 Å². The minimum atomic E-state index is 0.407. The predicted octanol–water partition coefficient (Wildman–Crippen LogP) is 3.80. The summed E-state index contributed by atoms with van der Waals surface area (Å²) in [6.45, 7) is 8.52. The van der Waals surface area contributed by atoms with Crippen molar-refractivity contribution in [3.05, 3.63) is 0 Å². The summed E-state index contributed by atoms with van der Waals surface area (Å²) in [5.74, 6) is 6.84. The fourth-order valence-corrected chi connectivity index (χ4v) is 1.30. The van der Waals surface area contributed by atoms with E-state index in [0.29, 0.717) is 11.8 Å². The monoisotopic (exact) mass is 206 g/mol. The molecule has 0 bridgehead atoms. The summed E-state index contributed by atoms with van der Waals surface area (Å²) >= 11 is 0. The summed E-state index contributed by atoms with van der Waals surface area (Å²) in [5, 5.41) is 0. The summed E-state index contributed by atoms with van der Waals surface area (Å²) in [5.41, 5.74) is 0. The maximum Gasteiger partial charge on any atom is 0.130 e. The van der Waals surface area contributed by atoms with Crippen LogP contribution >= 0.6 is 0 Å². The molecule has 0 aliphatic carbocycles. The molecule has 15 heavy (non-hydrogen) atoms. The van der Waals surface area contributed by atoms with E-state index >= 15 is 0 Å². The zero-order chi connectivity index (χ0) is 11.5. The number of rotatable bonds is 4. The van der Waals surface area contributed by atoms with Gasteiger partial charge >= 0.3 is 0 Å². The highest BCUT2D eigenvalue weighted by molar-refractivity contribution is 5.02. The second kappa shape index (κ2) is 9.47. The Kier molecular flexibility index (Phi) is 8.79. The van der Waals surface area contributed by atoms with Crippen molar-refractivity contribution in [1.82, 2.24) is 0 Å². The van der Waals surface area contributed by atoms with Crippen molar-refractivity contribution >= 4 is 0 Å². The zero-order valence-electron chi connectivity index (χ0n) is 10.4. The Bertz CT molecular complexity index is 231. The van der Waals surface area contributed by atoms with Gasteiger partial charge in [0, 0.05) is 11.8 Å². The largest absolute Gasteiger partial charge is 0.357 e. The van der Waals surface area contributed by atoms with Gasteiger partial charge in [-0.15, -0.1) is 0 Å². The Labute approximate surface area is 94.6 Å². The topological polar surface area (TPSA) is 9.23 Å². The van der Waals surface area contributed by atoms with Crippen LogP contribution in [0.25, 0.3) is 0 Å². The first-order valence-electron chi connectivity index (χ1n) is 5.87. The smallest absolute Gasteiger partial charge is 0.130 e. The molecule has 1 nitrogen and oxygen atoms in total.